The van der Waals surface area contributed by atoms with Crippen molar-refractivity contribution in [1.82, 2.24) is 4.90 Å². The Morgan fingerprint density at radius 2 is 1.70 bits per heavy atom. The number of amides is 1. The maximum absolute atomic E-state index is 12.0. The minimum atomic E-state index is -0.501. The van der Waals surface area contributed by atoms with Gasteiger partial charge in [0, 0.05) is 11.6 Å². The van der Waals surface area contributed by atoms with Crippen molar-refractivity contribution >= 4 is 17.5 Å². The van der Waals surface area contributed by atoms with Crippen LogP contribution in [0.5, 0.6) is 0 Å². The third kappa shape index (κ3) is 2.19. The molecule has 1 aliphatic heterocycles. The summed E-state index contributed by atoms with van der Waals surface area (Å²) in [5, 5.41) is 0.651. The summed E-state index contributed by atoms with van der Waals surface area (Å²) in [6.45, 7) is 0.559. The Morgan fingerprint density at radius 3 is 2.40 bits per heavy atom. The van der Waals surface area contributed by atoms with Crippen LogP contribution in [0.15, 0.2) is 54.6 Å². The maximum atomic E-state index is 12.0. The van der Waals surface area contributed by atoms with Crippen molar-refractivity contribution in [3.8, 4) is 0 Å². The van der Waals surface area contributed by atoms with Gasteiger partial charge in [0.05, 0.1) is 6.04 Å². The van der Waals surface area contributed by atoms with Crippen LogP contribution in [-0.4, -0.2) is 16.8 Å². The van der Waals surface area contributed by atoms with E-state index >= 15 is 0 Å². The second-order valence-electron chi connectivity index (χ2n) is 4.94. The van der Waals surface area contributed by atoms with E-state index in [-0.39, 0.29) is 11.9 Å². The Morgan fingerprint density at radius 1 is 1.05 bits per heavy atom. The van der Waals surface area contributed by atoms with E-state index in [2.05, 4.69) is 0 Å². The Bertz CT molecular complexity index is 629. The van der Waals surface area contributed by atoms with E-state index in [0.29, 0.717) is 11.6 Å². The van der Waals surface area contributed by atoms with Crippen LogP contribution in [0.2, 0.25) is 5.02 Å². The fourth-order valence-corrected chi connectivity index (χ4v) is 2.86. The Labute approximate surface area is 123 Å². The fraction of sp³-hybridized carbons (Fsp3) is 0.188. The van der Waals surface area contributed by atoms with Gasteiger partial charge in [-0.2, -0.15) is 0 Å². The fourth-order valence-electron chi connectivity index (χ4n) is 2.61. The zero-order valence-electron chi connectivity index (χ0n) is 10.9. The lowest BCUT2D eigenvalue weighted by molar-refractivity contribution is -0.150. The van der Waals surface area contributed by atoms with Crippen LogP contribution < -0.4 is 5.73 Å². The molecule has 2 aromatic carbocycles. The van der Waals surface area contributed by atoms with Gasteiger partial charge in [0.1, 0.15) is 6.04 Å². The number of hydrogen-bond donors (Lipinski definition) is 1. The number of hydrogen-bond acceptors (Lipinski definition) is 2. The average Bonchev–Trinajstić information content (AvgIpc) is 2.49. The molecule has 2 atom stereocenters. The van der Waals surface area contributed by atoms with E-state index < -0.39 is 6.04 Å². The number of likely N-dealkylation sites (tertiary alicyclic amines) is 1. The van der Waals surface area contributed by atoms with E-state index in [1.54, 1.807) is 4.90 Å². The average molecular weight is 287 g/mol. The van der Waals surface area contributed by atoms with Gasteiger partial charge in [-0.15, -0.1) is 0 Å². The van der Waals surface area contributed by atoms with Crippen molar-refractivity contribution in [2.24, 2.45) is 5.73 Å². The van der Waals surface area contributed by atoms with Crippen molar-refractivity contribution in [1.29, 1.82) is 0 Å². The third-order valence-corrected chi connectivity index (χ3v) is 4.01. The van der Waals surface area contributed by atoms with Crippen molar-refractivity contribution in [2.75, 3.05) is 0 Å². The monoisotopic (exact) mass is 286 g/mol. The van der Waals surface area contributed by atoms with Gasteiger partial charge >= 0.3 is 0 Å². The molecule has 0 bridgehead atoms. The highest BCUT2D eigenvalue weighted by Gasteiger charge is 2.46. The molecule has 0 unspecified atom stereocenters. The molecule has 0 aromatic heterocycles. The molecule has 3 rings (SSSR count). The molecule has 3 nitrogen and oxygen atoms in total. The minimum Gasteiger partial charge on any atom is -0.328 e. The van der Waals surface area contributed by atoms with E-state index in [1.165, 1.54) is 0 Å². The summed E-state index contributed by atoms with van der Waals surface area (Å²) in [6, 6.07) is 16.8. The third-order valence-electron chi connectivity index (χ3n) is 3.66. The van der Waals surface area contributed by atoms with E-state index in [1.807, 2.05) is 54.6 Å². The van der Waals surface area contributed by atoms with Gasteiger partial charge in [-0.05, 0) is 17.2 Å². The van der Waals surface area contributed by atoms with Crippen LogP contribution in [0, 0.1) is 0 Å². The van der Waals surface area contributed by atoms with E-state index in [4.69, 9.17) is 17.3 Å². The van der Waals surface area contributed by atoms with Gasteiger partial charge in [-0.1, -0.05) is 60.1 Å². The van der Waals surface area contributed by atoms with Gasteiger partial charge in [0.25, 0.3) is 0 Å². The molecule has 1 aliphatic rings. The molecule has 0 spiro atoms. The maximum Gasteiger partial charge on any atom is 0.242 e. The smallest absolute Gasteiger partial charge is 0.242 e. The molecule has 0 aliphatic carbocycles. The molecular formula is C16H15ClN2O. The number of β-lactam (4-membered cyclic amide) rings is 1. The molecule has 1 heterocycles. The number of rotatable bonds is 3. The van der Waals surface area contributed by atoms with Gasteiger partial charge < -0.3 is 10.6 Å². The summed E-state index contributed by atoms with van der Waals surface area (Å²) in [7, 11) is 0. The number of nitrogens with two attached hydrogens (primary N) is 1. The van der Waals surface area contributed by atoms with Crippen LogP contribution >= 0.6 is 11.6 Å². The first-order valence-corrected chi connectivity index (χ1v) is 6.90. The molecule has 20 heavy (non-hydrogen) atoms. The largest absolute Gasteiger partial charge is 0.328 e. The van der Waals surface area contributed by atoms with Crippen molar-refractivity contribution in [2.45, 2.75) is 18.6 Å². The lowest BCUT2D eigenvalue weighted by Gasteiger charge is -2.46. The summed E-state index contributed by atoms with van der Waals surface area (Å²) in [4.78, 5) is 13.8. The highest BCUT2D eigenvalue weighted by Crippen LogP contribution is 2.38. The zero-order valence-corrected chi connectivity index (χ0v) is 11.6. The van der Waals surface area contributed by atoms with Crippen LogP contribution in [0.1, 0.15) is 17.2 Å². The molecule has 1 amide bonds. The first-order valence-electron chi connectivity index (χ1n) is 6.53. The standard InChI is InChI=1S/C16H15ClN2O/c17-13-9-5-4-8-12(13)15-14(18)16(20)19(15)10-11-6-2-1-3-7-11/h1-9,14-15H,10,18H2/t14-,15-/m1/s1. The predicted octanol–water partition coefficient (Wildman–Crippen LogP) is 2.75. The molecule has 2 aromatic rings. The Hall–Kier alpha value is -1.84. The van der Waals surface area contributed by atoms with Crippen LogP contribution in [0.25, 0.3) is 0 Å². The van der Waals surface area contributed by atoms with Crippen LogP contribution in [0.3, 0.4) is 0 Å². The molecular weight excluding hydrogens is 272 g/mol. The zero-order chi connectivity index (χ0) is 14.1. The highest BCUT2D eigenvalue weighted by atomic mass is 35.5. The second-order valence-corrected chi connectivity index (χ2v) is 5.35. The molecule has 0 saturated carbocycles. The van der Waals surface area contributed by atoms with Crippen LogP contribution in [0.4, 0.5) is 0 Å². The number of nitrogens with zero attached hydrogens (tertiary/aromatic N) is 1. The van der Waals surface area contributed by atoms with Gasteiger partial charge in [0.15, 0.2) is 0 Å². The molecule has 102 valence electrons. The van der Waals surface area contributed by atoms with E-state index in [0.717, 1.165) is 11.1 Å². The normalized spacial score (nSPS) is 21.7. The molecule has 2 N–H and O–H groups in total. The summed E-state index contributed by atoms with van der Waals surface area (Å²) >= 11 is 6.22. The summed E-state index contributed by atoms with van der Waals surface area (Å²) in [5.41, 5.74) is 7.96. The summed E-state index contributed by atoms with van der Waals surface area (Å²) in [6.07, 6.45) is 0. The number of carbonyl (C=O) groups is 1. The van der Waals surface area contributed by atoms with Crippen LogP contribution in [-0.2, 0) is 11.3 Å². The Balaban J connectivity index is 1.87. The summed E-state index contributed by atoms with van der Waals surface area (Å²) < 4.78 is 0. The van der Waals surface area contributed by atoms with Crippen molar-refractivity contribution < 1.29 is 4.79 Å². The van der Waals surface area contributed by atoms with Crippen molar-refractivity contribution in [3.05, 3.63) is 70.7 Å². The highest BCUT2D eigenvalue weighted by molar-refractivity contribution is 6.31. The van der Waals surface area contributed by atoms with Crippen molar-refractivity contribution in [3.63, 3.8) is 0 Å². The predicted molar refractivity (Wildman–Crippen MR) is 79.2 cm³/mol. The minimum absolute atomic E-state index is 0.0289. The summed E-state index contributed by atoms with van der Waals surface area (Å²) in [5.74, 6) is -0.0289. The second kappa shape index (κ2) is 5.27. The molecule has 1 saturated heterocycles. The van der Waals surface area contributed by atoms with Gasteiger partial charge in [0.2, 0.25) is 5.91 Å². The number of benzene rings is 2. The SMILES string of the molecule is N[C@H]1C(=O)N(Cc2ccccc2)[C@@H]1c1ccccc1Cl. The number of carbonyl (C=O) groups excluding carboxylic acids is 1. The number of halogens is 1. The van der Waals surface area contributed by atoms with Gasteiger partial charge in [-0.25, -0.2) is 0 Å². The first-order chi connectivity index (χ1) is 9.68. The quantitative estimate of drug-likeness (QED) is 0.882. The molecule has 4 heteroatoms. The molecule has 1 fully saturated rings. The van der Waals surface area contributed by atoms with E-state index in [9.17, 15) is 4.79 Å². The van der Waals surface area contributed by atoms with Gasteiger partial charge in [-0.3, -0.25) is 4.79 Å². The first kappa shape index (κ1) is 13.2. The topological polar surface area (TPSA) is 46.3 Å². The lowest BCUT2D eigenvalue weighted by atomic mass is 9.88. The molecule has 0 radical (unpaired) electrons. The Kier molecular flexibility index (Phi) is 3.47. The lowest BCUT2D eigenvalue weighted by Crippen LogP contribution is -2.62.